The van der Waals surface area contributed by atoms with Gasteiger partial charge in [0.1, 0.15) is 43.3 Å². The Labute approximate surface area is 410 Å². The molecule has 12 bridgehead atoms. The second-order valence-electron chi connectivity index (χ2n) is 18.0. The summed E-state index contributed by atoms with van der Waals surface area (Å²) in [6.45, 7) is 11.7. The molecule has 4 aliphatic heterocycles. The summed E-state index contributed by atoms with van der Waals surface area (Å²) >= 11 is 0. The molecule has 0 aliphatic carbocycles. The molecule has 3 aromatic carbocycles. The molecule has 0 saturated carbocycles. The Bertz CT molecular complexity index is 2730. The first-order chi connectivity index (χ1) is 34.6. The molecule has 0 radical (unpaired) electrons. The van der Waals surface area contributed by atoms with Gasteiger partial charge in [-0.2, -0.15) is 0 Å². The molecule has 4 aliphatic rings. The molecule has 10 rings (SSSR count). The largest absolute Gasteiger partial charge is 0.492 e. The summed E-state index contributed by atoms with van der Waals surface area (Å²) in [7, 11) is 0. The highest BCUT2D eigenvalue weighted by molar-refractivity contribution is 5.68. The van der Waals surface area contributed by atoms with Crippen molar-refractivity contribution in [2.45, 2.75) is 65.3 Å². The lowest BCUT2D eigenvalue weighted by molar-refractivity contribution is 0.0627. The molecule has 7 heterocycles. The monoisotopic (exact) mass is 946 g/mol. The Morgan fingerprint density at radius 2 is 1.40 bits per heavy atom. The van der Waals surface area contributed by atoms with Gasteiger partial charge in [-0.3, -0.25) is 14.7 Å². The fraction of sp³-hybridized carbons (Fsp3) is 0.382. The number of nitrogens with zero attached hydrogens (tertiary/aromatic N) is 7. The Hall–Kier alpha value is -6.46. The van der Waals surface area contributed by atoms with Gasteiger partial charge in [-0.05, 0) is 131 Å². The number of hydrogen-bond donors (Lipinski definition) is 1. The zero-order valence-corrected chi connectivity index (χ0v) is 40.0. The van der Waals surface area contributed by atoms with E-state index in [-0.39, 0.29) is 13.2 Å². The first kappa shape index (κ1) is 47.2. The number of ether oxygens (including phenoxy) is 6. The lowest BCUT2D eigenvalue weighted by atomic mass is 10.1. The van der Waals surface area contributed by atoms with Crippen LogP contribution in [0.5, 0.6) is 11.5 Å². The van der Waals surface area contributed by atoms with Crippen molar-refractivity contribution in [3.05, 3.63) is 144 Å². The van der Waals surface area contributed by atoms with Gasteiger partial charge in [-0.1, -0.05) is 36.4 Å². The number of hydrogen-bond acceptors (Lipinski definition) is 15. The number of likely N-dealkylation sites (tertiary alicyclic amines) is 2. The average Bonchev–Trinajstić information content (AvgIpc) is 4.20. The number of aryl methyl sites for hydroxylation is 1. The van der Waals surface area contributed by atoms with Crippen molar-refractivity contribution >= 4 is 23.3 Å². The Balaban J connectivity index is 1.02. The average molecular weight is 947 g/mol. The Morgan fingerprint density at radius 1 is 0.686 bits per heavy atom. The normalized spacial score (nSPS) is 19.3. The second-order valence-corrected chi connectivity index (χ2v) is 18.0. The minimum atomic E-state index is -0.752. The van der Waals surface area contributed by atoms with Crippen LogP contribution in [0.1, 0.15) is 53.7 Å². The van der Waals surface area contributed by atoms with Gasteiger partial charge in [0, 0.05) is 59.1 Å². The first-order valence-corrected chi connectivity index (χ1v) is 24.6. The smallest absolute Gasteiger partial charge is 0.232 e. The summed E-state index contributed by atoms with van der Waals surface area (Å²) in [6, 6.07) is 24.3. The van der Waals surface area contributed by atoms with Crippen LogP contribution < -0.4 is 19.7 Å². The van der Waals surface area contributed by atoms with Crippen LogP contribution in [0, 0.1) is 6.92 Å². The van der Waals surface area contributed by atoms with Crippen molar-refractivity contribution in [2.75, 3.05) is 82.5 Å². The van der Waals surface area contributed by atoms with E-state index < -0.39 is 6.23 Å². The van der Waals surface area contributed by atoms with E-state index in [1.54, 1.807) is 12.5 Å². The molecule has 1 atom stereocenters. The number of nitrogens with one attached hydrogen (secondary N) is 1. The van der Waals surface area contributed by atoms with Crippen molar-refractivity contribution in [3.8, 4) is 34.0 Å². The maximum Gasteiger partial charge on any atom is 0.232 e. The summed E-state index contributed by atoms with van der Waals surface area (Å²) in [5, 5.41) is 3.38. The maximum atomic E-state index is 6.92. The van der Waals surface area contributed by atoms with Gasteiger partial charge in [-0.25, -0.2) is 19.9 Å². The van der Waals surface area contributed by atoms with Gasteiger partial charge < -0.3 is 38.2 Å². The van der Waals surface area contributed by atoms with Crippen LogP contribution in [-0.4, -0.2) is 108 Å². The summed E-state index contributed by atoms with van der Waals surface area (Å²) in [4.78, 5) is 26.6. The quantitative estimate of drug-likeness (QED) is 0.137. The number of anilines is 4. The zero-order chi connectivity index (χ0) is 47.3. The molecule has 364 valence electrons. The number of benzene rings is 3. The fourth-order valence-electron chi connectivity index (χ4n) is 9.20. The lowest BCUT2D eigenvalue weighted by Crippen LogP contribution is -2.34. The molecule has 3 aromatic heterocycles. The lowest BCUT2D eigenvalue weighted by Gasteiger charge is -2.31. The summed E-state index contributed by atoms with van der Waals surface area (Å²) in [5.74, 6) is 3.04. The van der Waals surface area contributed by atoms with E-state index >= 15 is 0 Å². The number of aromatic nitrogens is 4. The molecular weight excluding hydrogens is 885 g/mol. The topological polar surface area (TPSA) is 142 Å². The van der Waals surface area contributed by atoms with Crippen molar-refractivity contribution in [1.29, 1.82) is 0 Å². The van der Waals surface area contributed by atoms with E-state index in [0.717, 1.165) is 101 Å². The van der Waals surface area contributed by atoms with Crippen molar-refractivity contribution in [1.82, 2.24) is 29.7 Å². The maximum absolute atomic E-state index is 6.92. The molecule has 0 amide bonds. The second kappa shape index (κ2) is 23.4. The van der Waals surface area contributed by atoms with Crippen LogP contribution in [0.3, 0.4) is 0 Å². The van der Waals surface area contributed by atoms with Gasteiger partial charge in [0.15, 0.2) is 6.23 Å². The van der Waals surface area contributed by atoms with E-state index in [0.29, 0.717) is 69.6 Å². The zero-order valence-electron chi connectivity index (χ0n) is 40.0. The third-order valence-electron chi connectivity index (χ3n) is 12.9. The van der Waals surface area contributed by atoms with E-state index in [4.69, 9.17) is 47.8 Å². The van der Waals surface area contributed by atoms with Crippen molar-refractivity contribution < 1.29 is 32.8 Å². The molecule has 15 nitrogen and oxygen atoms in total. The molecule has 0 spiro atoms. The Kier molecular flexibility index (Phi) is 15.8. The van der Waals surface area contributed by atoms with Crippen LogP contribution in [0.4, 0.5) is 23.3 Å². The van der Waals surface area contributed by atoms with Gasteiger partial charge in [0.05, 0.1) is 51.0 Å². The van der Waals surface area contributed by atoms with E-state index in [1.807, 2.05) is 90.9 Å². The number of fused-ring (bicyclic) bond motifs is 14. The van der Waals surface area contributed by atoms with Gasteiger partial charge in [0.25, 0.3) is 0 Å². The number of furan rings is 1. The van der Waals surface area contributed by atoms with E-state index in [9.17, 15) is 0 Å². The molecule has 1 unspecified atom stereocenters. The summed E-state index contributed by atoms with van der Waals surface area (Å²) in [6.07, 6.45) is 17.4. The first-order valence-electron chi connectivity index (χ1n) is 24.6. The van der Waals surface area contributed by atoms with E-state index in [1.165, 1.54) is 25.7 Å². The SMILES string of the molecule is Cc1cnc2nc1-c1cccc(c1)COC/C=C/COCc1cc(ccc1OCCN1CCCC1)N2C1/C=C/COCc2cc(ccc2OCCN2CCCC2)Nc2nccc(n2)-c2coc(c2)CO1. The molecule has 6 aromatic rings. The van der Waals surface area contributed by atoms with Crippen LogP contribution in [-0.2, 0) is 45.4 Å². The predicted molar refractivity (Wildman–Crippen MR) is 268 cm³/mol. The van der Waals surface area contributed by atoms with Crippen LogP contribution in [0.25, 0.3) is 22.5 Å². The number of rotatable bonds is 9. The van der Waals surface area contributed by atoms with Crippen molar-refractivity contribution in [3.63, 3.8) is 0 Å². The highest BCUT2D eigenvalue weighted by Gasteiger charge is 2.26. The minimum absolute atomic E-state index is 0.117. The van der Waals surface area contributed by atoms with Crippen LogP contribution in [0.15, 0.2) is 120 Å². The summed E-state index contributed by atoms with van der Waals surface area (Å²) in [5.41, 5.74) is 8.62. The molecular formula is C55H62N8O7. The molecule has 70 heavy (non-hydrogen) atoms. The van der Waals surface area contributed by atoms with Gasteiger partial charge >= 0.3 is 0 Å². The molecule has 2 saturated heterocycles. The van der Waals surface area contributed by atoms with E-state index in [2.05, 4.69) is 44.4 Å². The molecule has 15 heteroatoms. The molecule has 2 fully saturated rings. The molecule has 1 N–H and O–H groups in total. The standard InChI is InChI=1S/C55H62N8O7/c1-40-34-57-55-60-53(40)42-11-8-10-41(30-42)35-64-25-6-7-26-65-37-45-32-47(14-16-51(45)68-29-24-62-21-4-5-22-62)63(55)52-12-9-27-66-36-44-31-46(13-15-50(44)67-28-23-61-19-2-3-20-61)58-54-56-18-17-49(59-54)43-33-48(39-70-52)69-38-43/h6-18,30-34,38,52H,2-5,19-29,35-37,39H2,1H3,(H,56,58,59)/b7-6+,12-9+. The van der Waals surface area contributed by atoms with Crippen molar-refractivity contribution in [2.24, 2.45) is 0 Å². The minimum Gasteiger partial charge on any atom is -0.492 e. The highest BCUT2D eigenvalue weighted by atomic mass is 16.5. The fourth-order valence-corrected chi connectivity index (χ4v) is 9.20. The van der Waals surface area contributed by atoms with Crippen LogP contribution in [0.2, 0.25) is 0 Å². The predicted octanol–water partition coefficient (Wildman–Crippen LogP) is 9.57. The Morgan fingerprint density at radius 3 is 2.17 bits per heavy atom. The highest BCUT2D eigenvalue weighted by Crippen LogP contribution is 2.35. The van der Waals surface area contributed by atoms with Crippen LogP contribution >= 0.6 is 0 Å². The van der Waals surface area contributed by atoms with Gasteiger partial charge in [0.2, 0.25) is 11.9 Å². The van der Waals surface area contributed by atoms with Gasteiger partial charge in [-0.15, -0.1) is 0 Å². The third kappa shape index (κ3) is 12.3. The third-order valence-corrected chi connectivity index (χ3v) is 12.9. The summed E-state index contributed by atoms with van der Waals surface area (Å²) < 4.78 is 44.8.